The average Bonchev–Trinajstić information content (AvgIpc) is 3.06. The van der Waals surface area contributed by atoms with Crippen LogP contribution in [0, 0.1) is 5.92 Å². The van der Waals surface area contributed by atoms with Crippen molar-refractivity contribution in [2.24, 2.45) is 10.9 Å². The van der Waals surface area contributed by atoms with Crippen LogP contribution in [0.15, 0.2) is 29.3 Å². The number of nitrogens with zero attached hydrogens (tertiary/aromatic N) is 2. The molecule has 0 saturated heterocycles. The Hall–Kier alpha value is -1.82. The van der Waals surface area contributed by atoms with Gasteiger partial charge in [0.25, 0.3) is 5.91 Å². The number of aliphatic imine (C=N–C) groups is 1. The molecule has 2 amide bonds. The van der Waals surface area contributed by atoms with E-state index in [9.17, 15) is 9.59 Å². The third-order valence-electron chi connectivity index (χ3n) is 5.61. The molecule has 1 aliphatic carbocycles. The minimum absolute atomic E-state index is 0.0434. The topological polar surface area (TPSA) is 61.8 Å². The fourth-order valence-corrected chi connectivity index (χ4v) is 4.92. The molecule has 2 aliphatic rings. The fourth-order valence-electron chi connectivity index (χ4n) is 3.97. The molecule has 1 fully saturated rings. The summed E-state index contributed by atoms with van der Waals surface area (Å²) in [5.74, 6) is 0.437. The lowest BCUT2D eigenvalue weighted by molar-refractivity contribution is -0.122. The minimum Gasteiger partial charge on any atom is -0.364 e. The molecular weight excluding hydrogens is 370 g/mol. The molecule has 3 rings (SSSR count). The van der Waals surface area contributed by atoms with E-state index < -0.39 is 5.25 Å². The smallest absolute Gasteiger partial charge is 0.262 e. The van der Waals surface area contributed by atoms with Crippen LogP contribution in [0.25, 0.3) is 0 Å². The van der Waals surface area contributed by atoms with E-state index in [1.807, 2.05) is 18.2 Å². The van der Waals surface area contributed by atoms with Gasteiger partial charge in [0.2, 0.25) is 5.91 Å². The van der Waals surface area contributed by atoms with Gasteiger partial charge in [-0.2, -0.15) is 4.99 Å². The Kier molecular flexibility index (Phi) is 7.54. The largest absolute Gasteiger partial charge is 0.364 e. The number of hydrogen-bond donors (Lipinski definition) is 1. The van der Waals surface area contributed by atoms with Crippen molar-refractivity contribution < 1.29 is 9.59 Å². The summed E-state index contributed by atoms with van der Waals surface area (Å²) in [5, 5.41) is 3.61. The molecule has 0 radical (unpaired) electrons. The summed E-state index contributed by atoms with van der Waals surface area (Å²) in [6.07, 6.45) is 8.58. The highest BCUT2D eigenvalue weighted by Crippen LogP contribution is 2.28. The van der Waals surface area contributed by atoms with Crippen LogP contribution in [0.3, 0.4) is 0 Å². The SMILES string of the molecule is CCCc1ccccc1N(C)C(=O)CC1SC(NCC2CCCCC2)=NC1=O. The second-order valence-electron chi connectivity index (χ2n) is 7.78. The number of amides is 2. The van der Waals surface area contributed by atoms with Gasteiger partial charge in [-0.1, -0.05) is 62.6 Å². The number of amidine groups is 1. The van der Waals surface area contributed by atoms with Crippen LogP contribution >= 0.6 is 11.8 Å². The van der Waals surface area contributed by atoms with E-state index in [1.165, 1.54) is 43.9 Å². The lowest BCUT2D eigenvalue weighted by atomic mass is 9.89. The predicted molar refractivity (Wildman–Crippen MR) is 117 cm³/mol. The van der Waals surface area contributed by atoms with Crippen molar-refractivity contribution in [2.75, 3.05) is 18.5 Å². The molecule has 1 heterocycles. The van der Waals surface area contributed by atoms with E-state index in [-0.39, 0.29) is 18.2 Å². The Balaban J connectivity index is 1.52. The molecule has 1 saturated carbocycles. The lowest BCUT2D eigenvalue weighted by Gasteiger charge is -2.22. The van der Waals surface area contributed by atoms with Crippen molar-refractivity contribution in [3.63, 3.8) is 0 Å². The Morgan fingerprint density at radius 2 is 2.00 bits per heavy atom. The molecule has 1 unspecified atom stereocenters. The lowest BCUT2D eigenvalue weighted by Crippen LogP contribution is -2.31. The van der Waals surface area contributed by atoms with E-state index in [0.29, 0.717) is 11.1 Å². The van der Waals surface area contributed by atoms with E-state index >= 15 is 0 Å². The monoisotopic (exact) mass is 401 g/mol. The maximum absolute atomic E-state index is 12.8. The standard InChI is InChI=1S/C22H31N3O2S/c1-3-9-17-12-7-8-13-18(17)25(2)20(26)14-19-21(27)24-22(28-19)23-15-16-10-5-4-6-11-16/h7-8,12-13,16,19H,3-6,9-11,14-15H2,1-2H3,(H,23,24,27). The number of thioether (sulfide) groups is 1. The van der Waals surface area contributed by atoms with E-state index in [1.54, 1.807) is 11.9 Å². The van der Waals surface area contributed by atoms with E-state index in [0.717, 1.165) is 30.6 Å². The number of nitrogens with one attached hydrogen (secondary N) is 1. The minimum atomic E-state index is -0.415. The van der Waals surface area contributed by atoms with Gasteiger partial charge in [-0.25, -0.2) is 0 Å². The average molecular weight is 402 g/mol. The number of para-hydroxylation sites is 1. The zero-order valence-corrected chi connectivity index (χ0v) is 17.8. The van der Waals surface area contributed by atoms with Crippen LogP contribution in [-0.4, -0.2) is 35.8 Å². The first-order valence-electron chi connectivity index (χ1n) is 10.5. The van der Waals surface area contributed by atoms with Gasteiger partial charge in [0.15, 0.2) is 5.17 Å². The molecule has 152 valence electrons. The summed E-state index contributed by atoms with van der Waals surface area (Å²) in [6, 6.07) is 7.99. The van der Waals surface area contributed by atoms with Crippen molar-refractivity contribution in [1.82, 2.24) is 5.32 Å². The second-order valence-corrected chi connectivity index (χ2v) is 8.97. The van der Waals surface area contributed by atoms with Gasteiger partial charge in [0, 0.05) is 25.7 Å². The highest BCUT2D eigenvalue weighted by atomic mass is 32.2. The summed E-state index contributed by atoms with van der Waals surface area (Å²) in [5.41, 5.74) is 2.10. The van der Waals surface area contributed by atoms with Crippen LogP contribution in [0.1, 0.15) is 57.4 Å². The summed E-state index contributed by atoms with van der Waals surface area (Å²) >= 11 is 1.40. The van der Waals surface area contributed by atoms with Crippen molar-refractivity contribution >= 4 is 34.4 Å². The molecule has 0 bridgehead atoms. The fraction of sp³-hybridized carbons (Fsp3) is 0.591. The second kappa shape index (κ2) is 10.1. The molecule has 28 heavy (non-hydrogen) atoms. The molecule has 1 N–H and O–H groups in total. The molecule has 0 spiro atoms. The summed E-state index contributed by atoms with van der Waals surface area (Å²) < 4.78 is 0. The number of carbonyl (C=O) groups is 2. The molecule has 5 nitrogen and oxygen atoms in total. The normalized spacial score (nSPS) is 20.1. The number of anilines is 1. The summed E-state index contributed by atoms with van der Waals surface area (Å²) in [6.45, 7) is 3.01. The van der Waals surface area contributed by atoms with E-state index in [2.05, 4.69) is 23.3 Å². The Morgan fingerprint density at radius 1 is 1.25 bits per heavy atom. The molecule has 1 aliphatic heterocycles. The zero-order valence-electron chi connectivity index (χ0n) is 16.9. The van der Waals surface area contributed by atoms with Crippen LogP contribution in [0.2, 0.25) is 0 Å². The number of benzene rings is 1. The van der Waals surface area contributed by atoms with Gasteiger partial charge in [-0.05, 0) is 36.8 Å². The number of carbonyl (C=O) groups excluding carboxylic acids is 2. The summed E-state index contributed by atoms with van der Waals surface area (Å²) in [4.78, 5) is 30.9. The van der Waals surface area contributed by atoms with Crippen molar-refractivity contribution in [3.05, 3.63) is 29.8 Å². The first kappa shape index (κ1) is 20.9. The number of rotatable bonds is 7. The highest BCUT2D eigenvalue weighted by Gasteiger charge is 2.32. The maximum atomic E-state index is 12.8. The Labute approximate surface area is 172 Å². The molecule has 1 atom stereocenters. The van der Waals surface area contributed by atoms with Gasteiger partial charge in [-0.3, -0.25) is 9.59 Å². The summed E-state index contributed by atoms with van der Waals surface area (Å²) in [7, 11) is 1.80. The zero-order chi connectivity index (χ0) is 19.9. The van der Waals surface area contributed by atoms with Gasteiger partial charge in [0.05, 0.1) is 0 Å². The third-order valence-corrected chi connectivity index (χ3v) is 6.73. The Morgan fingerprint density at radius 3 is 2.75 bits per heavy atom. The van der Waals surface area contributed by atoms with Gasteiger partial charge in [0.1, 0.15) is 5.25 Å². The van der Waals surface area contributed by atoms with Gasteiger partial charge < -0.3 is 10.2 Å². The van der Waals surface area contributed by atoms with E-state index in [4.69, 9.17) is 0 Å². The molecule has 0 aromatic heterocycles. The first-order chi connectivity index (χ1) is 13.6. The van der Waals surface area contributed by atoms with Crippen LogP contribution in [0.5, 0.6) is 0 Å². The molecule has 1 aromatic carbocycles. The Bertz CT molecular complexity index is 728. The molecule has 1 aromatic rings. The van der Waals surface area contributed by atoms with Gasteiger partial charge in [-0.15, -0.1) is 0 Å². The molecule has 6 heteroatoms. The van der Waals surface area contributed by atoms with Crippen molar-refractivity contribution in [3.8, 4) is 0 Å². The van der Waals surface area contributed by atoms with Crippen LogP contribution in [-0.2, 0) is 16.0 Å². The number of hydrogen-bond acceptors (Lipinski definition) is 4. The highest BCUT2D eigenvalue weighted by molar-refractivity contribution is 8.15. The molecular formula is C22H31N3O2S. The quantitative estimate of drug-likeness (QED) is 0.745. The number of aryl methyl sites for hydroxylation is 1. The third kappa shape index (κ3) is 5.37. The predicted octanol–water partition coefficient (Wildman–Crippen LogP) is 4.16. The van der Waals surface area contributed by atoms with Crippen LogP contribution in [0.4, 0.5) is 5.69 Å². The van der Waals surface area contributed by atoms with Crippen molar-refractivity contribution in [1.29, 1.82) is 0 Å². The van der Waals surface area contributed by atoms with Crippen LogP contribution < -0.4 is 10.2 Å². The van der Waals surface area contributed by atoms with Crippen molar-refractivity contribution in [2.45, 2.75) is 63.5 Å². The van der Waals surface area contributed by atoms with Gasteiger partial charge >= 0.3 is 0 Å². The first-order valence-corrected chi connectivity index (χ1v) is 11.3. The maximum Gasteiger partial charge on any atom is 0.262 e.